The van der Waals surface area contributed by atoms with Gasteiger partial charge in [0.2, 0.25) is 5.69 Å². The normalized spacial score (nSPS) is 9.90. The lowest BCUT2D eigenvalue weighted by Crippen LogP contribution is -1.94. The van der Waals surface area contributed by atoms with Crippen LogP contribution >= 0.6 is 0 Å². The molecule has 0 spiro atoms. The average Bonchev–Trinajstić information content (AvgIpc) is 2.40. The van der Waals surface area contributed by atoms with E-state index in [4.69, 9.17) is 11.8 Å². The number of hydrogen-bond acceptors (Lipinski definition) is 1. The van der Waals surface area contributed by atoms with Crippen molar-refractivity contribution >= 4 is 5.69 Å². The Labute approximate surface area is 111 Å². The highest BCUT2D eigenvalue weighted by Crippen LogP contribution is 2.32. The van der Waals surface area contributed by atoms with Gasteiger partial charge in [-0.25, -0.2) is 22.4 Å². The third-order valence-corrected chi connectivity index (χ3v) is 2.62. The van der Waals surface area contributed by atoms with Crippen molar-refractivity contribution in [2.24, 2.45) is 0 Å². The van der Waals surface area contributed by atoms with Crippen molar-refractivity contribution in [3.8, 4) is 17.2 Å². The fraction of sp³-hybridized carbons (Fsp3) is 0. The summed E-state index contributed by atoms with van der Waals surface area (Å²) in [4.78, 5) is 2.83. The molecule has 0 heterocycles. The standard InChI is InChI=1S/C14H4F4N2/c1-20-14-3-9(12(17)5-13(14)18)8-2-7(6-19)10(15)4-11(8)16/h2-5H. The molecule has 0 radical (unpaired) electrons. The van der Waals surface area contributed by atoms with Gasteiger partial charge in [-0.3, -0.25) is 0 Å². The van der Waals surface area contributed by atoms with E-state index in [1.807, 2.05) is 0 Å². The van der Waals surface area contributed by atoms with Crippen molar-refractivity contribution in [1.29, 1.82) is 5.26 Å². The van der Waals surface area contributed by atoms with Crippen LogP contribution in [0.5, 0.6) is 0 Å². The first-order valence-corrected chi connectivity index (χ1v) is 5.24. The Morgan fingerprint density at radius 1 is 0.850 bits per heavy atom. The van der Waals surface area contributed by atoms with Gasteiger partial charge in [-0.15, -0.1) is 0 Å². The fourth-order valence-corrected chi connectivity index (χ4v) is 1.67. The maximum atomic E-state index is 13.7. The summed E-state index contributed by atoms with van der Waals surface area (Å²) >= 11 is 0. The van der Waals surface area contributed by atoms with Crippen LogP contribution in [-0.4, -0.2) is 0 Å². The first-order chi connectivity index (χ1) is 9.47. The molecule has 0 aliphatic carbocycles. The van der Waals surface area contributed by atoms with E-state index < -0.39 is 45.6 Å². The minimum absolute atomic E-state index is 0.411. The van der Waals surface area contributed by atoms with Gasteiger partial charge in [-0.1, -0.05) is 0 Å². The van der Waals surface area contributed by atoms with Gasteiger partial charge in [0, 0.05) is 17.2 Å². The largest absolute Gasteiger partial charge is 0.235 e. The van der Waals surface area contributed by atoms with Crippen LogP contribution in [0.2, 0.25) is 0 Å². The van der Waals surface area contributed by atoms with Gasteiger partial charge >= 0.3 is 0 Å². The molecule has 2 nitrogen and oxygen atoms in total. The van der Waals surface area contributed by atoms with Crippen LogP contribution in [0.4, 0.5) is 23.2 Å². The number of rotatable bonds is 1. The Hall–Kier alpha value is -2.86. The van der Waals surface area contributed by atoms with Crippen LogP contribution in [0.3, 0.4) is 0 Å². The minimum Gasteiger partial charge on any atom is -0.235 e. The van der Waals surface area contributed by atoms with E-state index in [0.29, 0.717) is 12.1 Å². The topological polar surface area (TPSA) is 28.1 Å². The molecule has 98 valence electrons. The number of halogens is 4. The molecule has 0 N–H and O–H groups in total. The third-order valence-electron chi connectivity index (χ3n) is 2.62. The first kappa shape index (κ1) is 13.6. The van der Waals surface area contributed by atoms with Crippen LogP contribution in [0.1, 0.15) is 5.56 Å². The van der Waals surface area contributed by atoms with Gasteiger partial charge in [0.25, 0.3) is 0 Å². The van der Waals surface area contributed by atoms with Gasteiger partial charge in [0.1, 0.15) is 29.3 Å². The second-order valence-corrected chi connectivity index (χ2v) is 3.82. The lowest BCUT2D eigenvalue weighted by Gasteiger charge is -2.07. The van der Waals surface area contributed by atoms with Gasteiger partial charge in [-0.05, 0) is 18.2 Å². The Morgan fingerprint density at radius 2 is 1.40 bits per heavy atom. The molecule has 0 aliphatic rings. The van der Waals surface area contributed by atoms with E-state index in [9.17, 15) is 17.6 Å². The lowest BCUT2D eigenvalue weighted by atomic mass is 10.0. The molecule has 20 heavy (non-hydrogen) atoms. The van der Waals surface area contributed by atoms with Gasteiger partial charge in [-0.2, -0.15) is 5.26 Å². The smallest absolute Gasteiger partial charge is 0.222 e. The molecule has 0 aliphatic heterocycles. The van der Waals surface area contributed by atoms with E-state index in [-0.39, 0.29) is 0 Å². The summed E-state index contributed by atoms with van der Waals surface area (Å²) in [7, 11) is 0. The van der Waals surface area contributed by atoms with Crippen LogP contribution in [0, 0.1) is 41.2 Å². The second kappa shape index (κ2) is 5.02. The van der Waals surface area contributed by atoms with Gasteiger partial charge in [0.15, 0.2) is 0 Å². The van der Waals surface area contributed by atoms with Crippen molar-refractivity contribution in [3.05, 3.63) is 64.5 Å². The van der Waals surface area contributed by atoms with Crippen molar-refractivity contribution in [3.63, 3.8) is 0 Å². The Morgan fingerprint density at radius 3 is 1.95 bits per heavy atom. The Balaban J connectivity index is 2.76. The molecule has 0 bridgehead atoms. The summed E-state index contributed by atoms with van der Waals surface area (Å²) in [5, 5.41) is 8.68. The van der Waals surface area contributed by atoms with Crippen LogP contribution in [-0.2, 0) is 0 Å². The van der Waals surface area contributed by atoms with E-state index >= 15 is 0 Å². The summed E-state index contributed by atoms with van der Waals surface area (Å²) in [5.74, 6) is -4.38. The van der Waals surface area contributed by atoms with Crippen LogP contribution < -0.4 is 0 Å². The number of benzene rings is 2. The molecule has 0 saturated carbocycles. The van der Waals surface area contributed by atoms with Crippen molar-refractivity contribution in [1.82, 2.24) is 0 Å². The van der Waals surface area contributed by atoms with E-state index in [1.54, 1.807) is 0 Å². The molecule has 0 aromatic heterocycles. The monoisotopic (exact) mass is 276 g/mol. The van der Waals surface area contributed by atoms with Crippen LogP contribution in [0.15, 0.2) is 24.3 Å². The zero-order chi connectivity index (χ0) is 14.9. The summed E-state index contributed by atoms with van der Waals surface area (Å²) in [5.41, 5.74) is -1.80. The molecule has 0 amide bonds. The molecule has 0 saturated heterocycles. The van der Waals surface area contributed by atoms with Crippen molar-refractivity contribution < 1.29 is 17.6 Å². The highest BCUT2D eigenvalue weighted by molar-refractivity contribution is 5.71. The summed E-state index contributed by atoms with van der Waals surface area (Å²) in [6, 6.07) is 4.00. The molecule has 6 heteroatoms. The number of nitrogens with zero attached hydrogens (tertiary/aromatic N) is 2. The maximum absolute atomic E-state index is 13.7. The summed E-state index contributed by atoms with van der Waals surface area (Å²) in [6.07, 6.45) is 0. The van der Waals surface area contributed by atoms with Gasteiger partial charge in [0.05, 0.1) is 12.1 Å². The average molecular weight is 276 g/mol. The SMILES string of the molecule is [C-]#[N+]c1cc(-c2cc(C#N)c(F)cc2F)c(F)cc1F. The van der Waals surface area contributed by atoms with E-state index in [1.165, 1.54) is 6.07 Å². The maximum Gasteiger partial charge on any atom is 0.222 e. The minimum atomic E-state index is -1.11. The van der Waals surface area contributed by atoms with Crippen LogP contribution in [0.25, 0.3) is 16.0 Å². The zero-order valence-corrected chi connectivity index (χ0v) is 9.72. The molecule has 2 rings (SSSR count). The summed E-state index contributed by atoms with van der Waals surface area (Å²) < 4.78 is 53.8. The number of hydrogen-bond donors (Lipinski definition) is 0. The Bertz CT molecular complexity index is 718. The molecule has 0 unspecified atom stereocenters. The van der Waals surface area contributed by atoms with Crippen molar-refractivity contribution in [2.45, 2.75) is 0 Å². The quantitative estimate of drug-likeness (QED) is 0.562. The predicted molar refractivity (Wildman–Crippen MR) is 62.7 cm³/mol. The predicted octanol–water partition coefficient (Wildman–Crippen LogP) is 4.33. The molecule has 0 fully saturated rings. The second-order valence-electron chi connectivity index (χ2n) is 3.82. The first-order valence-electron chi connectivity index (χ1n) is 5.24. The fourth-order valence-electron chi connectivity index (χ4n) is 1.67. The third kappa shape index (κ3) is 2.19. The number of nitriles is 1. The van der Waals surface area contributed by atoms with Crippen molar-refractivity contribution in [2.75, 3.05) is 0 Å². The van der Waals surface area contributed by atoms with E-state index in [2.05, 4.69) is 4.85 Å². The molecular weight excluding hydrogens is 272 g/mol. The summed E-state index contributed by atoms with van der Waals surface area (Å²) in [6.45, 7) is 6.74. The molecule has 2 aromatic carbocycles. The Kier molecular flexibility index (Phi) is 3.41. The molecule has 0 atom stereocenters. The molecule has 2 aromatic rings. The molecular formula is C14H4F4N2. The lowest BCUT2D eigenvalue weighted by molar-refractivity contribution is 0.575. The van der Waals surface area contributed by atoms with E-state index in [0.717, 1.165) is 12.1 Å². The van der Waals surface area contributed by atoms with Gasteiger partial charge < -0.3 is 0 Å². The highest BCUT2D eigenvalue weighted by atomic mass is 19.1. The highest BCUT2D eigenvalue weighted by Gasteiger charge is 2.17. The zero-order valence-electron chi connectivity index (χ0n) is 9.72.